The molecule has 3 N–H and O–H groups in total. The molecule has 2 aromatic heterocycles. The smallest absolute Gasteiger partial charge is 0.350 e. The van der Waals surface area contributed by atoms with E-state index in [-0.39, 0.29) is 11.3 Å². The number of aromatic hydroxyl groups is 1. The van der Waals surface area contributed by atoms with E-state index in [2.05, 4.69) is 21.6 Å². The van der Waals surface area contributed by atoms with Crippen LogP contribution in [0.5, 0.6) is 11.5 Å². The lowest BCUT2D eigenvalue weighted by Gasteiger charge is -2.04. The highest BCUT2D eigenvalue weighted by atomic mass is 16.5. The minimum absolute atomic E-state index is 0.0251. The van der Waals surface area contributed by atoms with Crippen LogP contribution in [0.1, 0.15) is 11.1 Å². The van der Waals surface area contributed by atoms with Crippen molar-refractivity contribution in [3.8, 4) is 11.5 Å². The number of nitrogens with one attached hydrogen (secondary N) is 2. The van der Waals surface area contributed by atoms with Crippen molar-refractivity contribution in [2.24, 2.45) is 5.10 Å². The van der Waals surface area contributed by atoms with Gasteiger partial charge in [-0.1, -0.05) is 24.3 Å². The van der Waals surface area contributed by atoms with E-state index < -0.39 is 11.2 Å². The number of H-pyrrole nitrogens is 2. The number of phenols is 1. The van der Waals surface area contributed by atoms with E-state index in [1.54, 1.807) is 42.5 Å². The fourth-order valence-corrected chi connectivity index (χ4v) is 3.29. The molecule has 0 spiro atoms. The van der Waals surface area contributed by atoms with Gasteiger partial charge in [0.1, 0.15) is 17.0 Å². The number of aromatic nitrogens is 3. The Labute approximate surface area is 164 Å². The van der Waals surface area contributed by atoms with Gasteiger partial charge in [0.15, 0.2) is 0 Å². The molecule has 0 saturated heterocycles. The van der Waals surface area contributed by atoms with Crippen molar-refractivity contribution in [1.82, 2.24) is 14.6 Å². The number of benzene rings is 2. The molecule has 0 amide bonds. The summed E-state index contributed by atoms with van der Waals surface area (Å²) < 4.78 is 6.05. The topological polar surface area (TPSA) is 112 Å². The minimum atomic E-state index is -0.702. The average Bonchev–Trinajstić information content (AvgIpc) is 3.09. The molecule has 29 heavy (non-hydrogen) atoms. The number of fused-ring (bicyclic) bond motifs is 3. The Hall–Kier alpha value is -4.07. The first-order valence-corrected chi connectivity index (χ1v) is 8.85. The highest BCUT2D eigenvalue weighted by molar-refractivity contribution is 6.07. The third-order valence-electron chi connectivity index (χ3n) is 4.66. The van der Waals surface area contributed by atoms with Crippen LogP contribution in [0.25, 0.3) is 21.9 Å². The summed E-state index contributed by atoms with van der Waals surface area (Å²) in [6.45, 7) is 3.65. The summed E-state index contributed by atoms with van der Waals surface area (Å²) in [5.74, 6) is 0.561. The summed E-state index contributed by atoms with van der Waals surface area (Å²) in [6.07, 6.45) is 3.42. The lowest BCUT2D eigenvalue weighted by Crippen LogP contribution is -2.32. The highest BCUT2D eigenvalue weighted by Gasteiger charge is 2.15. The molecule has 2 heterocycles. The third kappa shape index (κ3) is 3.00. The van der Waals surface area contributed by atoms with E-state index in [9.17, 15) is 14.7 Å². The third-order valence-corrected chi connectivity index (χ3v) is 4.66. The normalized spacial score (nSPS) is 11.5. The molecule has 8 nitrogen and oxygen atoms in total. The fourth-order valence-electron chi connectivity index (χ4n) is 3.29. The molecule has 0 aliphatic heterocycles. The van der Waals surface area contributed by atoms with E-state index in [1.165, 1.54) is 13.3 Å². The maximum Gasteiger partial charge on any atom is 0.350 e. The number of hydrogen-bond acceptors (Lipinski definition) is 5. The van der Waals surface area contributed by atoms with Gasteiger partial charge in [0.25, 0.3) is 0 Å². The van der Waals surface area contributed by atoms with Crippen LogP contribution in [-0.2, 0) is 6.42 Å². The largest absolute Gasteiger partial charge is 0.507 e. The Balaban J connectivity index is 1.88. The van der Waals surface area contributed by atoms with Crippen LogP contribution >= 0.6 is 0 Å². The molecule has 0 saturated carbocycles. The number of hydrogen-bond donors (Lipinski definition) is 3. The summed E-state index contributed by atoms with van der Waals surface area (Å²) >= 11 is 0. The van der Waals surface area contributed by atoms with Gasteiger partial charge < -0.3 is 19.8 Å². The number of aromatic amines is 2. The fraction of sp³-hybridized carbons (Fsp3) is 0.0952. The quantitative estimate of drug-likeness (QED) is 0.359. The molecule has 0 atom stereocenters. The van der Waals surface area contributed by atoms with E-state index in [1.807, 2.05) is 0 Å². The first-order valence-electron chi connectivity index (χ1n) is 8.85. The molecule has 0 aliphatic carbocycles. The Morgan fingerprint density at radius 1 is 1.17 bits per heavy atom. The maximum atomic E-state index is 12.9. The second kappa shape index (κ2) is 7.16. The zero-order valence-corrected chi connectivity index (χ0v) is 15.6. The Kier molecular flexibility index (Phi) is 4.52. The number of phenolic OH excluding ortho intramolecular Hbond substituents is 1. The minimum Gasteiger partial charge on any atom is -0.507 e. The number of allylic oxidation sites excluding steroid dienone is 1. The number of ether oxygens (including phenoxy) is 1. The summed E-state index contributed by atoms with van der Waals surface area (Å²) in [4.78, 5) is 31.1. The molecular formula is C21H18N4O4. The monoisotopic (exact) mass is 390 g/mol. The van der Waals surface area contributed by atoms with Crippen LogP contribution in [-0.4, -0.2) is 33.1 Å². The van der Waals surface area contributed by atoms with Crippen LogP contribution in [0.3, 0.4) is 0 Å². The van der Waals surface area contributed by atoms with Crippen LogP contribution < -0.4 is 16.0 Å². The lowest BCUT2D eigenvalue weighted by atomic mass is 10.1. The van der Waals surface area contributed by atoms with Gasteiger partial charge in [0.05, 0.1) is 29.7 Å². The molecule has 2 aromatic carbocycles. The maximum absolute atomic E-state index is 12.9. The molecule has 4 rings (SSSR count). The van der Waals surface area contributed by atoms with Gasteiger partial charge in [-0.05, 0) is 30.2 Å². The molecule has 0 fully saturated rings. The Bertz CT molecular complexity index is 1390. The van der Waals surface area contributed by atoms with Gasteiger partial charge in [-0.2, -0.15) is 5.10 Å². The summed E-state index contributed by atoms with van der Waals surface area (Å²) in [5.41, 5.74) is 0.953. The highest BCUT2D eigenvalue weighted by Crippen LogP contribution is 2.29. The molecule has 8 heteroatoms. The summed E-state index contributed by atoms with van der Waals surface area (Å²) in [5, 5.41) is 14.9. The summed E-state index contributed by atoms with van der Waals surface area (Å²) in [6, 6.07) is 10.5. The van der Waals surface area contributed by atoms with Gasteiger partial charge in [0.2, 0.25) is 0 Å². The van der Waals surface area contributed by atoms with Crippen molar-refractivity contribution in [2.45, 2.75) is 6.42 Å². The van der Waals surface area contributed by atoms with Crippen LogP contribution in [0.2, 0.25) is 0 Å². The second-order valence-electron chi connectivity index (χ2n) is 6.40. The van der Waals surface area contributed by atoms with Gasteiger partial charge >= 0.3 is 11.2 Å². The van der Waals surface area contributed by atoms with Crippen LogP contribution in [0, 0.1) is 0 Å². The van der Waals surface area contributed by atoms with E-state index in [4.69, 9.17) is 4.74 Å². The van der Waals surface area contributed by atoms with Gasteiger partial charge in [-0.15, -0.1) is 11.3 Å². The first kappa shape index (κ1) is 18.3. The predicted octanol–water partition coefficient (Wildman–Crippen LogP) is 2.50. The van der Waals surface area contributed by atoms with Crippen molar-refractivity contribution in [3.05, 3.63) is 81.0 Å². The van der Waals surface area contributed by atoms with Crippen molar-refractivity contribution in [2.75, 3.05) is 7.11 Å². The molecule has 4 aromatic rings. The second-order valence-corrected chi connectivity index (χ2v) is 6.40. The van der Waals surface area contributed by atoms with Crippen molar-refractivity contribution in [3.63, 3.8) is 0 Å². The van der Waals surface area contributed by atoms with Crippen LogP contribution in [0.15, 0.2) is 63.7 Å². The molecule has 0 bridgehead atoms. The molecule has 0 unspecified atom stereocenters. The first-order chi connectivity index (χ1) is 14.0. The zero-order valence-electron chi connectivity index (χ0n) is 15.6. The number of nitrogens with zero attached hydrogens (tertiary/aromatic N) is 2. The SMILES string of the molecule is C=CCc1cccc(C=Nn2c(=O)[nH]c3c([nH]c4cccc(OC)c43)c2=O)c1O. The lowest BCUT2D eigenvalue weighted by molar-refractivity contribution is 0.420. The number of rotatable bonds is 5. The van der Waals surface area contributed by atoms with Crippen molar-refractivity contribution < 1.29 is 9.84 Å². The van der Waals surface area contributed by atoms with Gasteiger partial charge in [0, 0.05) is 5.56 Å². The zero-order chi connectivity index (χ0) is 20.5. The Morgan fingerprint density at radius 3 is 2.72 bits per heavy atom. The van der Waals surface area contributed by atoms with Crippen LogP contribution in [0.4, 0.5) is 0 Å². The molecule has 0 aliphatic rings. The Morgan fingerprint density at radius 2 is 1.97 bits per heavy atom. The molecular weight excluding hydrogens is 372 g/mol. The predicted molar refractivity (Wildman–Crippen MR) is 112 cm³/mol. The van der Waals surface area contributed by atoms with Crippen molar-refractivity contribution in [1.29, 1.82) is 0 Å². The summed E-state index contributed by atoms with van der Waals surface area (Å²) in [7, 11) is 1.52. The van der Waals surface area contributed by atoms with E-state index >= 15 is 0 Å². The van der Waals surface area contributed by atoms with E-state index in [0.717, 1.165) is 0 Å². The number of para-hydroxylation sites is 1. The van der Waals surface area contributed by atoms with Gasteiger partial charge in [-0.25, -0.2) is 4.79 Å². The van der Waals surface area contributed by atoms with E-state index in [0.29, 0.717) is 44.4 Å². The van der Waals surface area contributed by atoms with Gasteiger partial charge in [-0.3, -0.25) is 4.79 Å². The van der Waals surface area contributed by atoms with Crippen molar-refractivity contribution >= 4 is 28.2 Å². The number of methoxy groups -OCH3 is 1. The molecule has 146 valence electrons. The molecule has 0 radical (unpaired) electrons. The standard InChI is InChI=1S/C21H18N4O4/c1-3-6-12-7-4-8-13(19(12)26)11-22-25-20(27)18-17(24-21(25)28)16-14(23-18)9-5-10-15(16)29-2/h3-5,7-11,23,26H,1,6H2,2H3,(H,24,28). The average molecular weight is 390 g/mol.